The largest absolute Gasteiger partial charge is 0.378 e. The highest BCUT2D eigenvalue weighted by Crippen LogP contribution is 2.31. The van der Waals surface area contributed by atoms with Crippen LogP contribution in [-0.2, 0) is 4.74 Å². The molecule has 0 aliphatic carbocycles. The van der Waals surface area contributed by atoms with Gasteiger partial charge in [0.05, 0.1) is 21.7 Å². The van der Waals surface area contributed by atoms with E-state index in [9.17, 15) is 10.1 Å². The molecule has 0 atom stereocenters. The molecule has 6 heteroatoms. The van der Waals surface area contributed by atoms with Gasteiger partial charge in [-0.05, 0) is 25.8 Å². The fraction of sp³-hybridized carbons (Fsp3) is 0.538. The molecule has 19 heavy (non-hydrogen) atoms. The molecule has 0 unspecified atom stereocenters. The Bertz CT molecular complexity index is 459. The van der Waals surface area contributed by atoms with Crippen LogP contribution in [0, 0.1) is 10.1 Å². The molecule has 1 aliphatic rings. The molecule has 0 saturated carbocycles. The van der Waals surface area contributed by atoms with Crippen molar-refractivity contribution in [1.29, 1.82) is 0 Å². The molecule has 2 rings (SSSR count). The van der Waals surface area contributed by atoms with Crippen LogP contribution < -0.4 is 4.90 Å². The summed E-state index contributed by atoms with van der Waals surface area (Å²) in [7, 11) is 0. The number of non-ortho nitro benzene ring substituents is 1. The van der Waals surface area contributed by atoms with Crippen LogP contribution in [0.4, 0.5) is 11.4 Å². The highest BCUT2D eigenvalue weighted by Gasteiger charge is 2.21. The van der Waals surface area contributed by atoms with Gasteiger partial charge < -0.3 is 9.64 Å². The summed E-state index contributed by atoms with van der Waals surface area (Å²) >= 11 is 6.13. The predicted octanol–water partition coefficient (Wildman–Crippen LogP) is 3.25. The second kappa shape index (κ2) is 6.21. The highest BCUT2D eigenvalue weighted by atomic mass is 35.5. The van der Waals surface area contributed by atoms with Crippen LogP contribution in [0.2, 0.25) is 5.02 Å². The number of halogens is 1. The molecule has 1 aromatic carbocycles. The fourth-order valence-corrected chi connectivity index (χ4v) is 2.66. The lowest BCUT2D eigenvalue weighted by atomic mass is 10.1. The van der Waals surface area contributed by atoms with E-state index in [0.29, 0.717) is 11.1 Å². The van der Waals surface area contributed by atoms with Gasteiger partial charge >= 0.3 is 0 Å². The Kier molecular flexibility index (Phi) is 4.61. The highest BCUT2D eigenvalue weighted by molar-refractivity contribution is 6.33. The van der Waals surface area contributed by atoms with E-state index in [1.54, 1.807) is 6.07 Å². The van der Waals surface area contributed by atoms with Gasteiger partial charge in [-0.15, -0.1) is 0 Å². The van der Waals surface area contributed by atoms with Crippen LogP contribution in [0.1, 0.15) is 19.8 Å². The molecule has 1 heterocycles. The van der Waals surface area contributed by atoms with E-state index in [1.165, 1.54) is 12.1 Å². The molecule has 1 fully saturated rings. The lowest BCUT2D eigenvalue weighted by Crippen LogP contribution is -2.37. The Hall–Kier alpha value is -1.33. The maximum Gasteiger partial charge on any atom is 0.271 e. The van der Waals surface area contributed by atoms with E-state index in [-0.39, 0.29) is 5.69 Å². The summed E-state index contributed by atoms with van der Waals surface area (Å²) in [4.78, 5) is 12.4. The van der Waals surface area contributed by atoms with Crippen LogP contribution in [0.3, 0.4) is 0 Å². The minimum Gasteiger partial charge on any atom is -0.378 e. The summed E-state index contributed by atoms with van der Waals surface area (Å²) in [5.74, 6) is 0. The van der Waals surface area contributed by atoms with Crippen molar-refractivity contribution in [2.45, 2.75) is 25.9 Å². The monoisotopic (exact) mass is 284 g/mol. The summed E-state index contributed by atoms with van der Waals surface area (Å²) in [5, 5.41) is 11.1. The lowest BCUT2D eigenvalue weighted by molar-refractivity contribution is -0.384. The Morgan fingerprint density at radius 3 is 2.68 bits per heavy atom. The molecule has 1 saturated heterocycles. The number of benzene rings is 1. The van der Waals surface area contributed by atoms with Gasteiger partial charge in [0.15, 0.2) is 0 Å². The third kappa shape index (κ3) is 3.36. The fourth-order valence-electron chi connectivity index (χ4n) is 2.36. The number of hydrogen-bond donors (Lipinski definition) is 0. The minimum absolute atomic E-state index is 0.0259. The van der Waals surface area contributed by atoms with Gasteiger partial charge in [0, 0.05) is 31.8 Å². The summed E-state index contributed by atoms with van der Waals surface area (Å²) < 4.78 is 5.60. The molecule has 104 valence electrons. The smallest absolute Gasteiger partial charge is 0.271 e. The van der Waals surface area contributed by atoms with Crippen LogP contribution in [0.25, 0.3) is 0 Å². The third-order valence-electron chi connectivity index (χ3n) is 3.33. The quantitative estimate of drug-likeness (QED) is 0.629. The van der Waals surface area contributed by atoms with Crippen molar-refractivity contribution in [3.05, 3.63) is 33.3 Å². The number of hydrogen-bond acceptors (Lipinski definition) is 4. The Balaban J connectivity index is 2.05. The van der Waals surface area contributed by atoms with E-state index in [4.69, 9.17) is 16.3 Å². The first kappa shape index (κ1) is 14.1. The van der Waals surface area contributed by atoms with Crippen LogP contribution in [0.15, 0.2) is 18.2 Å². The van der Waals surface area contributed by atoms with Crippen LogP contribution in [0.5, 0.6) is 0 Å². The van der Waals surface area contributed by atoms with Crippen molar-refractivity contribution >= 4 is 23.0 Å². The zero-order valence-electron chi connectivity index (χ0n) is 10.8. The third-order valence-corrected chi connectivity index (χ3v) is 3.63. The molecule has 0 aromatic heterocycles. The summed E-state index contributed by atoms with van der Waals surface area (Å²) in [6.07, 6.45) is 2.24. The number of anilines is 1. The average molecular weight is 285 g/mol. The van der Waals surface area contributed by atoms with Crippen molar-refractivity contribution in [2.24, 2.45) is 0 Å². The lowest BCUT2D eigenvalue weighted by Gasteiger charge is -2.33. The Morgan fingerprint density at radius 1 is 1.47 bits per heavy atom. The van der Waals surface area contributed by atoms with Crippen LogP contribution in [-0.4, -0.2) is 30.7 Å². The van der Waals surface area contributed by atoms with Gasteiger partial charge in [0.25, 0.3) is 5.69 Å². The van der Waals surface area contributed by atoms with Gasteiger partial charge in [-0.1, -0.05) is 11.6 Å². The molecule has 0 bridgehead atoms. The normalized spacial score (nSPS) is 16.6. The minimum atomic E-state index is -0.434. The van der Waals surface area contributed by atoms with Crippen molar-refractivity contribution in [1.82, 2.24) is 0 Å². The number of nitro benzene ring substituents is 1. The number of nitrogens with zero attached hydrogens (tertiary/aromatic N) is 2. The standard InChI is InChI=1S/C13H17ClN2O3/c1-2-19-11-5-7-15(8-6-11)13-4-3-10(16(17)18)9-12(13)14/h3-4,9,11H,2,5-8H2,1H3. The first-order chi connectivity index (χ1) is 9.11. The molecule has 0 amide bonds. The molecule has 0 N–H and O–H groups in total. The molecule has 1 aromatic rings. The maximum absolute atomic E-state index is 10.7. The molecule has 5 nitrogen and oxygen atoms in total. The zero-order valence-corrected chi connectivity index (χ0v) is 11.6. The second-order valence-corrected chi connectivity index (χ2v) is 4.94. The van der Waals surface area contributed by atoms with E-state index in [1.807, 2.05) is 6.92 Å². The first-order valence-electron chi connectivity index (χ1n) is 6.42. The number of piperidine rings is 1. The Morgan fingerprint density at radius 2 is 2.16 bits per heavy atom. The zero-order chi connectivity index (χ0) is 13.8. The number of rotatable bonds is 4. The van der Waals surface area contributed by atoms with E-state index < -0.39 is 4.92 Å². The number of nitro groups is 1. The topological polar surface area (TPSA) is 55.6 Å². The second-order valence-electron chi connectivity index (χ2n) is 4.53. The van der Waals surface area contributed by atoms with Crippen LogP contribution >= 0.6 is 11.6 Å². The Labute approximate surface area is 117 Å². The first-order valence-corrected chi connectivity index (χ1v) is 6.80. The van der Waals surface area contributed by atoms with Crippen molar-refractivity contribution in [3.8, 4) is 0 Å². The average Bonchev–Trinajstić information content (AvgIpc) is 2.40. The van der Waals surface area contributed by atoms with Crippen molar-refractivity contribution < 1.29 is 9.66 Å². The SMILES string of the molecule is CCOC1CCN(c2ccc([N+](=O)[O-])cc2Cl)CC1. The molecule has 0 spiro atoms. The van der Waals surface area contributed by atoms with Gasteiger partial charge in [-0.25, -0.2) is 0 Å². The van der Waals surface area contributed by atoms with E-state index in [0.717, 1.165) is 38.2 Å². The summed E-state index contributed by atoms with van der Waals surface area (Å²) in [6.45, 7) is 4.47. The van der Waals surface area contributed by atoms with Crippen molar-refractivity contribution in [3.63, 3.8) is 0 Å². The van der Waals surface area contributed by atoms with Crippen molar-refractivity contribution in [2.75, 3.05) is 24.6 Å². The van der Waals surface area contributed by atoms with Gasteiger partial charge in [0.2, 0.25) is 0 Å². The molecular formula is C13H17ClN2O3. The number of ether oxygens (including phenoxy) is 1. The predicted molar refractivity (Wildman–Crippen MR) is 75.0 cm³/mol. The molecule has 0 radical (unpaired) electrons. The summed E-state index contributed by atoms with van der Waals surface area (Å²) in [6, 6.07) is 4.63. The molecular weight excluding hydrogens is 268 g/mol. The van der Waals surface area contributed by atoms with Gasteiger partial charge in [-0.3, -0.25) is 10.1 Å². The molecule has 1 aliphatic heterocycles. The van der Waals surface area contributed by atoms with E-state index >= 15 is 0 Å². The van der Waals surface area contributed by atoms with Gasteiger partial charge in [-0.2, -0.15) is 0 Å². The summed E-state index contributed by atoms with van der Waals surface area (Å²) in [5.41, 5.74) is 0.889. The van der Waals surface area contributed by atoms with Gasteiger partial charge in [0.1, 0.15) is 0 Å². The van der Waals surface area contributed by atoms with E-state index in [2.05, 4.69) is 4.90 Å². The maximum atomic E-state index is 10.7.